The van der Waals surface area contributed by atoms with Crippen LogP contribution in [0.25, 0.3) is 11.3 Å². The minimum absolute atomic E-state index is 0.0528. The van der Waals surface area contributed by atoms with Gasteiger partial charge in [-0.3, -0.25) is 0 Å². The van der Waals surface area contributed by atoms with Gasteiger partial charge in [0.05, 0.1) is 42.1 Å². The fourth-order valence-electron chi connectivity index (χ4n) is 4.42. The second-order valence-corrected chi connectivity index (χ2v) is 9.72. The normalized spacial score (nSPS) is 16.6. The Morgan fingerprint density at radius 1 is 1.08 bits per heavy atom. The van der Waals surface area contributed by atoms with Gasteiger partial charge in [-0.25, -0.2) is 19.3 Å². The van der Waals surface area contributed by atoms with Gasteiger partial charge in [-0.05, 0) is 63.8 Å². The van der Waals surface area contributed by atoms with Crippen LogP contribution in [0.15, 0.2) is 41.6 Å². The maximum atomic E-state index is 14.4. The van der Waals surface area contributed by atoms with Gasteiger partial charge < -0.3 is 20.0 Å². The zero-order valence-electron chi connectivity index (χ0n) is 21.3. The highest BCUT2D eigenvalue weighted by Gasteiger charge is 2.31. The number of methoxy groups -OCH3 is 1. The predicted octanol–water partition coefficient (Wildman–Crippen LogP) is 4.84. The summed E-state index contributed by atoms with van der Waals surface area (Å²) >= 11 is 0. The van der Waals surface area contributed by atoms with Crippen LogP contribution in [-0.2, 0) is 16.0 Å². The first-order valence-electron chi connectivity index (χ1n) is 11.9. The van der Waals surface area contributed by atoms with Crippen LogP contribution in [0.4, 0.5) is 10.3 Å². The molecule has 1 aliphatic rings. The molecule has 0 fully saturated rings. The number of hydrogen-bond acceptors (Lipinski definition) is 8. The molecule has 190 valence electrons. The van der Waals surface area contributed by atoms with Gasteiger partial charge >= 0.3 is 0 Å². The minimum Gasteiger partial charge on any atom is -0.481 e. The molecule has 2 heterocycles. The molecule has 0 saturated heterocycles. The molecule has 2 aromatic heterocycles. The molecule has 0 spiro atoms. The van der Waals surface area contributed by atoms with E-state index >= 15 is 0 Å². The average Bonchev–Trinajstić information content (AvgIpc) is 2.82. The van der Waals surface area contributed by atoms with Gasteiger partial charge in [0.15, 0.2) is 0 Å². The van der Waals surface area contributed by atoms with E-state index in [4.69, 9.17) is 20.0 Å². The standard InChI is InChI=1S/C27H32FN5O3/c1-16-25-22(32-26(29)30-16)13-17(14-23(25)33-36-12-11-35-27(2,3)4)19-10-9-18(28)15-20(19)21-7-6-8-24(31-21)34-5/h6-10,15,17H,11-14H2,1-5H3,(H2,29,30,32). The Bertz CT molecular complexity index is 1270. The van der Waals surface area contributed by atoms with Gasteiger partial charge in [0.2, 0.25) is 11.8 Å². The van der Waals surface area contributed by atoms with Crippen LogP contribution in [0.5, 0.6) is 5.88 Å². The Kier molecular flexibility index (Phi) is 7.49. The Balaban J connectivity index is 1.70. The van der Waals surface area contributed by atoms with Gasteiger partial charge in [-0.15, -0.1) is 0 Å². The van der Waals surface area contributed by atoms with Gasteiger partial charge in [0.25, 0.3) is 0 Å². The summed E-state index contributed by atoms with van der Waals surface area (Å²) in [6.45, 7) is 8.58. The number of ether oxygens (including phenoxy) is 2. The highest BCUT2D eigenvalue weighted by atomic mass is 19.1. The Labute approximate surface area is 210 Å². The van der Waals surface area contributed by atoms with Crippen LogP contribution >= 0.6 is 0 Å². The Morgan fingerprint density at radius 3 is 2.64 bits per heavy atom. The van der Waals surface area contributed by atoms with E-state index in [0.717, 1.165) is 28.2 Å². The van der Waals surface area contributed by atoms with E-state index in [1.165, 1.54) is 12.1 Å². The van der Waals surface area contributed by atoms with Crippen LogP contribution in [0.2, 0.25) is 0 Å². The van der Waals surface area contributed by atoms with Crippen molar-refractivity contribution in [3.8, 4) is 17.1 Å². The molecule has 8 nitrogen and oxygen atoms in total. The Morgan fingerprint density at radius 2 is 1.89 bits per heavy atom. The van der Waals surface area contributed by atoms with E-state index in [1.807, 2.05) is 39.8 Å². The number of rotatable bonds is 7. The van der Waals surface area contributed by atoms with E-state index in [-0.39, 0.29) is 23.3 Å². The molecular formula is C27H32FN5O3. The summed E-state index contributed by atoms with van der Waals surface area (Å²) < 4.78 is 25.4. The number of fused-ring (bicyclic) bond motifs is 1. The number of aromatic nitrogens is 3. The van der Waals surface area contributed by atoms with Crippen LogP contribution < -0.4 is 10.5 Å². The zero-order chi connectivity index (χ0) is 25.9. The summed E-state index contributed by atoms with van der Waals surface area (Å²) in [5.74, 6) is 0.275. The second-order valence-electron chi connectivity index (χ2n) is 9.72. The number of hydrogen-bond donors (Lipinski definition) is 1. The second kappa shape index (κ2) is 10.6. The summed E-state index contributed by atoms with van der Waals surface area (Å²) in [4.78, 5) is 19.0. The number of halogens is 1. The van der Waals surface area contributed by atoms with Crippen LogP contribution in [0.1, 0.15) is 55.6 Å². The van der Waals surface area contributed by atoms with Crippen molar-refractivity contribution in [3.63, 3.8) is 0 Å². The first-order valence-corrected chi connectivity index (χ1v) is 11.9. The number of benzene rings is 1. The van der Waals surface area contributed by atoms with Gasteiger partial charge in [0, 0.05) is 23.6 Å². The van der Waals surface area contributed by atoms with Crippen molar-refractivity contribution in [1.29, 1.82) is 0 Å². The number of anilines is 1. The molecule has 2 N–H and O–H groups in total. The first kappa shape index (κ1) is 25.5. The van der Waals surface area contributed by atoms with Gasteiger partial charge in [0.1, 0.15) is 12.4 Å². The highest BCUT2D eigenvalue weighted by molar-refractivity contribution is 6.03. The molecule has 0 radical (unpaired) electrons. The number of aryl methyl sites for hydroxylation is 1. The monoisotopic (exact) mass is 493 g/mol. The quantitative estimate of drug-likeness (QED) is 0.371. The minimum atomic E-state index is -0.340. The third kappa shape index (κ3) is 5.96. The van der Waals surface area contributed by atoms with E-state index in [1.54, 1.807) is 19.2 Å². The Hall–Kier alpha value is -3.59. The third-order valence-corrected chi connectivity index (χ3v) is 5.90. The van der Waals surface area contributed by atoms with E-state index in [0.29, 0.717) is 43.2 Å². The van der Waals surface area contributed by atoms with Crippen LogP contribution in [0, 0.1) is 12.7 Å². The molecule has 4 rings (SSSR count). The summed E-state index contributed by atoms with van der Waals surface area (Å²) in [6.07, 6.45) is 1.15. The lowest BCUT2D eigenvalue weighted by Gasteiger charge is -2.28. The van der Waals surface area contributed by atoms with Crippen molar-refractivity contribution in [2.45, 2.75) is 52.1 Å². The van der Waals surface area contributed by atoms with Crippen LogP contribution in [-0.4, -0.2) is 46.6 Å². The summed E-state index contributed by atoms with van der Waals surface area (Å²) in [5.41, 5.74) is 11.1. The number of nitrogen functional groups attached to an aromatic ring is 1. The molecule has 0 saturated carbocycles. The fraction of sp³-hybridized carbons (Fsp3) is 0.407. The maximum Gasteiger partial charge on any atom is 0.220 e. The van der Waals surface area contributed by atoms with Gasteiger partial charge in [-0.2, -0.15) is 0 Å². The lowest BCUT2D eigenvalue weighted by Crippen LogP contribution is -2.25. The summed E-state index contributed by atoms with van der Waals surface area (Å²) in [7, 11) is 1.55. The molecule has 1 aromatic carbocycles. The van der Waals surface area contributed by atoms with Crippen LogP contribution in [0.3, 0.4) is 0 Å². The van der Waals surface area contributed by atoms with E-state index < -0.39 is 0 Å². The number of nitrogens with two attached hydrogens (primary N) is 1. The van der Waals surface area contributed by atoms with Crippen molar-refractivity contribution in [2.24, 2.45) is 5.16 Å². The lowest BCUT2D eigenvalue weighted by molar-refractivity contribution is -0.0341. The van der Waals surface area contributed by atoms with Crippen molar-refractivity contribution in [1.82, 2.24) is 15.0 Å². The first-order chi connectivity index (χ1) is 17.1. The van der Waals surface area contributed by atoms with Crippen molar-refractivity contribution in [2.75, 3.05) is 26.1 Å². The molecule has 36 heavy (non-hydrogen) atoms. The largest absolute Gasteiger partial charge is 0.481 e. The average molecular weight is 494 g/mol. The smallest absolute Gasteiger partial charge is 0.220 e. The van der Waals surface area contributed by atoms with Crippen molar-refractivity contribution in [3.05, 3.63) is 64.7 Å². The number of oxime groups is 1. The lowest BCUT2D eigenvalue weighted by atomic mass is 9.79. The summed E-state index contributed by atoms with van der Waals surface area (Å²) in [5, 5.41) is 4.46. The van der Waals surface area contributed by atoms with E-state index in [2.05, 4.69) is 20.1 Å². The van der Waals surface area contributed by atoms with Crippen molar-refractivity contribution < 1.29 is 18.7 Å². The molecule has 3 aromatic rings. The summed E-state index contributed by atoms with van der Waals surface area (Å²) in [6, 6.07) is 10.2. The highest BCUT2D eigenvalue weighted by Crippen LogP contribution is 2.38. The predicted molar refractivity (Wildman–Crippen MR) is 137 cm³/mol. The molecule has 0 aliphatic heterocycles. The topological polar surface area (TPSA) is 105 Å². The van der Waals surface area contributed by atoms with Gasteiger partial charge in [-0.1, -0.05) is 17.3 Å². The molecule has 1 aliphatic carbocycles. The molecule has 0 bridgehead atoms. The van der Waals surface area contributed by atoms with Crippen molar-refractivity contribution >= 4 is 11.7 Å². The number of nitrogens with zero attached hydrogens (tertiary/aromatic N) is 4. The third-order valence-electron chi connectivity index (χ3n) is 5.90. The SMILES string of the molecule is COc1cccc(-c2cc(F)ccc2C2CC(=NOCCOC(C)(C)C)c3c(C)nc(N)nc3C2)n1. The molecule has 0 amide bonds. The van der Waals surface area contributed by atoms with E-state index in [9.17, 15) is 4.39 Å². The molecule has 9 heteroatoms. The molecular weight excluding hydrogens is 461 g/mol. The molecule has 1 atom stereocenters. The zero-order valence-corrected chi connectivity index (χ0v) is 21.3. The molecule has 1 unspecified atom stereocenters. The maximum absolute atomic E-state index is 14.4. The number of pyridine rings is 1. The fourth-order valence-corrected chi connectivity index (χ4v) is 4.42.